The van der Waals surface area contributed by atoms with Crippen molar-refractivity contribution < 1.29 is 9.53 Å². The number of likely N-dealkylation sites (N-methyl/N-ethyl adjacent to an activating group) is 1. The van der Waals surface area contributed by atoms with Crippen LogP contribution < -0.4 is 10.6 Å². The standard InChI is InChI=1S/C15H24N2O2/c1-15(2,3)11-6-8-12(9-7-11)17(4)14(18)13(16)10-19-5/h6-9,13H,10,16H2,1-5H3. The molecular weight excluding hydrogens is 240 g/mol. The zero-order valence-electron chi connectivity index (χ0n) is 12.4. The van der Waals surface area contributed by atoms with Crippen LogP contribution in [0, 0.1) is 0 Å². The summed E-state index contributed by atoms with van der Waals surface area (Å²) in [6.07, 6.45) is 0. The van der Waals surface area contributed by atoms with E-state index < -0.39 is 6.04 Å². The third-order valence-corrected chi connectivity index (χ3v) is 3.11. The van der Waals surface area contributed by atoms with Crippen molar-refractivity contribution in [1.29, 1.82) is 0 Å². The van der Waals surface area contributed by atoms with Crippen LogP contribution in [0.25, 0.3) is 0 Å². The molecule has 1 aromatic rings. The van der Waals surface area contributed by atoms with Gasteiger partial charge in [0.15, 0.2) is 0 Å². The van der Waals surface area contributed by atoms with E-state index in [0.717, 1.165) is 5.69 Å². The van der Waals surface area contributed by atoms with Crippen molar-refractivity contribution >= 4 is 11.6 Å². The summed E-state index contributed by atoms with van der Waals surface area (Å²) in [5.41, 5.74) is 7.93. The molecule has 0 fully saturated rings. The number of anilines is 1. The maximum Gasteiger partial charge on any atom is 0.246 e. The maximum absolute atomic E-state index is 12.0. The number of rotatable bonds is 4. The number of hydrogen-bond acceptors (Lipinski definition) is 3. The first kappa shape index (κ1) is 15.7. The first-order chi connectivity index (χ1) is 8.77. The first-order valence-corrected chi connectivity index (χ1v) is 6.40. The molecule has 2 N–H and O–H groups in total. The summed E-state index contributed by atoms with van der Waals surface area (Å²) in [6.45, 7) is 6.70. The molecule has 0 aromatic heterocycles. The summed E-state index contributed by atoms with van der Waals surface area (Å²) < 4.78 is 4.90. The number of benzene rings is 1. The van der Waals surface area contributed by atoms with Crippen LogP contribution in [0.4, 0.5) is 5.69 Å². The minimum Gasteiger partial charge on any atom is -0.383 e. The highest BCUT2D eigenvalue weighted by molar-refractivity contribution is 5.96. The average Bonchev–Trinajstić information content (AvgIpc) is 2.36. The van der Waals surface area contributed by atoms with Gasteiger partial charge in [0.25, 0.3) is 0 Å². The smallest absolute Gasteiger partial charge is 0.246 e. The SMILES string of the molecule is COCC(N)C(=O)N(C)c1ccc(C(C)(C)C)cc1. The fraction of sp³-hybridized carbons (Fsp3) is 0.533. The number of carbonyl (C=O) groups is 1. The van der Waals surface area contributed by atoms with E-state index in [4.69, 9.17) is 10.5 Å². The van der Waals surface area contributed by atoms with E-state index in [9.17, 15) is 4.79 Å². The Kier molecular flexibility index (Phi) is 5.09. The normalized spacial score (nSPS) is 13.2. The Morgan fingerprint density at radius 1 is 1.32 bits per heavy atom. The predicted molar refractivity (Wildman–Crippen MR) is 78.4 cm³/mol. The van der Waals surface area contributed by atoms with Gasteiger partial charge in [0, 0.05) is 19.8 Å². The Bertz CT molecular complexity index is 421. The van der Waals surface area contributed by atoms with Crippen LogP contribution in [0.15, 0.2) is 24.3 Å². The number of amides is 1. The van der Waals surface area contributed by atoms with E-state index in [0.29, 0.717) is 0 Å². The van der Waals surface area contributed by atoms with Crippen LogP contribution in [0.5, 0.6) is 0 Å². The van der Waals surface area contributed by atoms with Crippen LogP contribution in [0.2, 0.25) is 0 Å². The lowest BCUT2D eigenvalue weighted by Crippen LogP contribution is -2.44. The summed E-state index contributed by atoms with van der Waals surface area (Å²) in [4.78, 5) is 13.6. The summed E-state index contributed by atoms with van der Waals surface area (Å²) in [5.74, 6) is -0.148. The van der Waals surface area contributed by atoms with Crippen molar-refractivity contribution in [3.63, 3.8) is 0 Å². The second-order valence-electron chi connectivity index (χ2n) is 5.76. The molecule has 1 rings (SSSR count). The van der Waals surface area contributed by atoms with Crippen LogP contribution in [-0.4, -0.2) is 32.7 Å². The zero-order chi connectivity index (χ0) is 14.6. The molecule has 0 aliphatic heterocycles. The molecule has 4 heteroatoms. The Labute approximate surface area is 115 Å². The lowest BCUT2D eigenvalue weighted by Gasteiger charge is -2.23. The molecule has 0 spiro atoms. The molecule has 1 amide bonds. The molecular formula is C15H24N2O2. The van der Waals surface area contributed by atoms with Gasteiger partial charge in [0.1, 0.15) is 6.04 Å². The number of nitrogens with two attached hydrogens (primary N) is 1. The Balaban J connectivity index is 2.83. The summed E-state index contributed by atoms with van der Waals surface area (Å²) >= 11 is 0. The van der Waals surface area contributed by atoms with E-state index in [1.54, 1.807) is 11.9 Å². The quantitative estimate of drug-likeness (QED) is 0.904. The molecule has 0 aliphatic carbocycles. The molecule has 4 nitrogen and oxygen atoms in total. The molecule has 1 unspecified atom stereocenters. The fourth-order valence-electron chi connectivity index (χ4n) is 1.81. The van der Waals surface area contributed by atoms with Crippen molar-refractivity contribution in [2.24, 2.45) is 5.73 Å². The highest BCUT2D eigenvalue weighted by Gasteiger charge is 2.20. The molecule has 0 bridgehead atoms. The topological polar surface area (TPSA) is 55.6 Å². The van der Waals surface area contributed by atoms with Gasteiger partial charge in [0.2, 0.25) is 5.91 Å². The zero-order valence-corrected chi connectivity index (χ0v) is 12.4. The third-order valence-electron chi connectivity index (χ3n) is 3.11. The van der Waals surface area contributed by atoms with E-state index >= 15 is 0 Å². The molecule has 0 heterocycles. The molecule has 0 saturated carbocycles. The maximum atomic E-state index is 12.0. The van der Waals surface area contributed by atoms with Crippen LogP contribution in [-0.2, 0) is 14.9 Å². The number of hydrogen-bond donors (Lipinski definition) is 1. The second-order valence-corrected chi connectivity index (χ2v) is 5.76. The lowest BCUT2D eigenvalue weighted by molar-refractivity contribution is -0.120. The van der Waals surface area contributed by atoms with Gasteiger partial charge in [0.05, 0.1) is 6.61 Å². The minimum absolute atomic E-state index is 0.105. The van der Waals surface area contributed by atoms with Crippen molar-refractivity contribution in [3.8, 4) is 0 Å². The molecule has 1 aromatic carbocycles. The van der Waals surface area contributed by atoms with Crippen molar-refractivity contribution in [3.05, 3.63) is 29.8 Å². The van der Waals surface area contributed by atoms with Gasteiger partial charge in [-0.2, -0.15) is 0 Å². The van der Waals surface area contributed by atoms with Crippen molar-refractivity contribution in [2.45, 2.75) is 32.2 Å². The van der Waals surface area contributed by atoms with Gasteiger partial charge in [-0.15, -0.1) is 0 Å². The number of ether oxygens (including phenoxy) is 1. The van der Waals surface area contributed by atoms with Gasteiger partial charge in [-0.25, -0.2) is 0 Å². The van der Waals surface area contributed by atoms with Gasteiger partial charge >= 0.3 is 0 Å². The molecule has 1 atom stereocenters. The first-order valence-electron chi connectivity index (χ1n) is 6.40. The molecule has 19 heavy (non-hydrogen) atoms. The van der Waals surface area contributed by atoms with Crippen molar-refractivity contribution in [2.75, 3.05) is 25.7 Å². The summed E-state index contributed by atoms with van der Waals surface area (Å²) in [6, 6.07) is 7.34. The Morgan fingerprint density at radius 3 is 2.26 bits per heavy atom. The van der Waals surface area contributed by atoms with E-state index in [1.807, 2.05) is 24.3 Å². The molecule has 0 radical (unpaired) electrons. The molecule has 106 valence electrons. The van der Waals surface area contributed by atoms with Gasteiger partial charge in [-0.05, 0) is 23.1 Å². The fourth-order valence-corrected chi connectivity index (χ4v) is 1.81. The number of carbonyl (C=O) groups excluding carboxylic acids is 1. The van der Waals surface area contributed by atoms with E-state index in [1.165, 1.54) is 12.7 Å². The van der Waals surface area contributed by atoms with E-state index in [2.05, 4.69) is 20.8 Å². The monoisotopic (exact) mass is 264 g/mol. The van der Waals surface area contributed by atoms with Crippen LogP contribution in [0.3, 0.4) is 0 Å². The van der Waals surface area contributed by atoms with E-state index in [-0.39, 0.29) is 17.9 Å². The Hall–Kier alpha value is -1.39. The van der Waals surface area contributed by atoms with Gasteiger partial charge in [-0.1, -0.05) is 32.9 Å². The highest BCUT2D eigenvalue weighted by Crippen LogP contribution is 2.24. The molecule has 0 saturated heterocycles. The van der Waals surface area contributed by atoms with Crippen LogP contribution in [0.1, 0.15) is 26.3 Å². The van der Waals surface area contributed by atoms with Gasteiger partial charge in [-0.3, -0.25) is 4.79 Å². The lowest BCUT2D eigenvalue weighted by atomic mass is 9.87. The Morgan fingerprint density at radius 2 is 1.84 bits per heavy atom. The average molecular weight is 264 g/mol. The number of methoxy groups -OCH3 is 1. The summed E-state index contributed by atoms with van der Waals surface area (Å²) in [5, 5.41) is 0. The van der Waals surface area contributed by atoms with Crippen LogP contribution >= 0.6 is 0 Å². The molecule has 0 aliphatic rings. The second kappa shape index (κ2) is 6.17. The summed E-state index contributed by atoms with van der Waals surface area (Å²) in [7, 11) is 3.26. The third kappa shape index (κ3) is 4.04. The number of nitrogens with zero attached hydrogens (tertiary/aromatic N) is 1. The minimum atomic E-state index is -0.628. The predicted octanol–water partition coefficient (Wildman–Crippen LogP) is 1.92. The van der Waals surface area contributed by atoms with Gasteiger partial charge < -0.3 is 15.4 Å². The van der Waals surface area contributed by atoms with Crippen molar-refractivity contribution in [1.82, 2.24) is 0 Å². The highest BCUT2D eigenvalue weighted by atomic mass is 16.5. The largest absolute Gasteiger partial charge is 0.383 e.